The van der Waals surface area contributed by atoms with E-state index in [1.165, 1.54) is 0 Å². The summed E-state index contributed by atoms with van der Waals surface area (Å²) in [5.74, 6) is -0.0869. The van der Waals surface area contributed by atoms with Crippen molar-refractivity contribution in [3.63, 3.8) is 0 Å². The number of amides is 1. The van der Waals surface area contributed by atoms with Crippen LogP contribution in [0.15, 0.2) is 65.8 Å². The first-order valence-corrected chi connectivity index (χ1v) is 7.51. The monoisotopic (exact) mass is 294 g/mol. The Kier molecular flexibility index (Phi) is 4.28. The lowest BCUT2D eigenvalue weighted by Crippen LogP contribution is -2.50. The lowest BCUT2D eigenvalue weighted by Gasteiger charge is -2.34. The molecule has 0 saturated carbocycles. The van der Waals surface area contributed by atoms with Crippen molar-refractivity contribution in [2.24, 2.45) is 5.18 Å². The van der Waals surface area contributed by atoms with Crippen LogP contribution in [-0.4, -0.2) is 18.0 Å². The fourth-order valence-electron chi connectivity index (χ4n) is 3.16. The van der Waals surface area contributed by atoms with Gasteiger partial charge < -0.3 is 5.32 Å². The molecule has 2 unspecified atom stereocenters. The summed E-state index contributed by atoms with van der Waals surface area (Å²) in [7, 11) is 0. The molecule has 3 rings (SSSR count). The van der Waals surface area contributed by atoms with Crippen molar-refractivity contribution in [3.8, 4) is 0 Å². The molecule has 112 valence electrons. The van der Waals surface area contributed by atoms with E-state index in [0.29, 0.717) is 12.8 Å². The average Bonchev–Trinajstić information content (AvgIpc) is 2.57. The molecule has 0 radical (unpaired) electrons. The van der Waals surface area contributed by atoms with Crippen LogP contribution in [0.1, 0.15) is 29.9 Å². The predicted octanol–water partition coefficient (Wildman–Crippen LogP) is 3.23. The Balaban J connectivity index is 2.04. The molecule has 1 fully saturated rings. The summed E-state index contributed by atoms with van der Waals surface area (Å²) in [6, 6.07) is 19.2. The average molecular weight is 294 g/mol. The van der Waals surface area contributed by atoms with Crippen molar-refractivity contribution in [3.05, 3.63) is 76.7 Å². The molecule has 2 aromatic carbocycles. The van der Waals surface area contributed by atoms with E-state index in [4.69, 9.17) is 0 Å². The highest BCUT2D eigenvalue weighted by molar-refractivity contribution is 5.77. The predicted molar refractivity (Wildman–Crippen MR) is 85.5 cm³/mol. The number of hydrogen-bond acceptors (Lipinski definition) is 3. The lowest BCUT2D eigenvalue weighted by molar-refractivity contribution is -0.123. The first kappa shape index (κ1) is 14.4. The van der Waals surface area contributed by atoms with E-state index in [1.54, 1.807) is 0 Å². The minimum atomic E-state index is -0.400. The molecular formula is C18H18N2O2. The Hall–Kier alpha value is -2.49. The number of nitrogens with zero attached hydrogens (tertiary/aromatic N) is 1. The molecular weight excluding hydrogens is 276 g/mol. The highest BCUT2D eigenvalue weighted by atomic mass is 16.3. The third kappa shape index (κ3) is 2.91. The standard InChI is InChI=1S/C18H18N2O2/c21-16-12-11-15(20-22)18(19-16)17(13-7-3-1-4-8-13)14-9-5-2-6-10-14/h1-10,15,17-18H,11-12H2,(H,19,21). The van der Waals surface area contributed by atoms with Crippen molar-refractivity contribution in [2.45, 2.75) is 30.8 Å². The smallest absolute Gasteiger partial charge is 0.220 e. The summed E-state index contributed by atoms with van der Waals surface area (Å²) < 4.78 is 0. The van der Waals surface area contributed by atoms with Crippen molar-refractivity contribution < 1.29 is 4.79 Å². The molecule has 2 atom stereocenters. The molecule has 1 amide bonds. The van der Waals surface area contributed by atoms with E-state index < -0.39 is 6.04 Å². The van der Waals surface area contributed by atoms with Crippen molar-refractivity contribution >= 4 is 5.91 Å². The highest BCUT2D eigenvalue weighted by Crippen LogP contribution is 2.33. The normalized spacial score (nSPS) is 21.4. The van der Waals surface area contributed by atoms with Crippen molar-refractivity contribution in [2.75, 3.05) is 0 Å². The Bertz CT molecular complexity index is 603. The zero-order valence-corrected chi connectivity index (χ0v) is 12.2. The van der Waals surface area contributed by atoms with Gasteiger partial charge in [0.05, 0.1) is 6.04 Å². The fourth-order valence-corrected chi connectivity index (χ4v) is 3.16. The molecule has 1 N–H and O–H groups in total. The largest absolute Gasteiger partial charge is 0.350 e. The number of piperidine rings is 1. The Morgan fingerprint density at radius 3 is 2.00 bits per heavy atom. The van der Waals surface area contributed by atoms with E-state index in [2.05, 4.69) is 10.5 Å². The van der Waals surface area contributed by atoms with E-state index >= 15 is 0 Å². The fraction of sp³-hybridized carbons (Fsp3) is 0.278. The van der Waals surface area contributed by atoms with Crippen LogP contribution >= 0.6 is 0 Å². The Morgan fingerprint density at radius 1 is 0.955 bits per heavy atom. The zero-order valence-electron chi connectivity index (χ0n) is 12.2. The second-order valence-corrected chi connectivity index (χ2v) is 5.60. The number of carbonyl (C=O) groups is 1. The molecule has 1 heterocycles. The maximum atomic E-state index is 11.8. The van der Waals surface area contributed by atoms with Crippen LogP contribution in [0.3, 0.4) is 0 Å². The number of nitroso groups, excluding NO2 is 1. The van der Waals surface area contributed by atoms with Gasteiger partial charge in [-0.05, 0) is 17.5 Å². The van der Waals surface area contributed by atoms with Gasteiger partial charge in [0.25, 0.3) is 0 Å². The summed E-state index contributed by atoms with van der Waals surface area (Å²) in [4.78, 5) is 23.1. The lowest BCUT2D eigenvalue weighted by atomic mass is 9.79. The van der Waals surface area contributed by atoms with E-state index in [9.17, 15) is 9.70 Å². The molecule has 1 aliphatic heterocycles. The second kappa shape index (κ2) is 6.52. The maximum absolute atomic E-state index is 11.8. The molecule has 4 nitrogen and oxygen atoms in total. The Labute approximate surface area is 129 Å². The van der Waals surface area contributed by atoms with Gasteiger partial charge in [-0.1, -0.05) is 65.8 Å². The van der Waals surface area contributed by atoms with Gasteiger partial charge >= 0.3 is 0 Å². The van der Waals surface area contributed by atoms with Gasteiger partial charge in [0, 0.05) is 12.3 Å². The number of benzene rings is 2. The van der Waals surface area contributed by atoms with Gasteiger partial charge in [-0.15, -0.1) is 0 Å². The van der Waals surface area contributed by atoms with E-state index in [1.807, 2.05) is 60.7 Å². The van der Waals surface area contributed by atoms with Gasteiger partial charge in [-0.3, -0.25) is 4.79 Å². The second-order valence-electron chi connectivity index (χ2n) is 5.60. The summed E-state index contributed by atoms with van der Waals surface area (Å²) in [6.45, 7) is 0. The maximum Gasteiger partial charge on any atom is 0.220 e. The number of carbonyl (C=O) groups excluding carboxylic acids is 1. The van der Waals surface area contributed by atoms with Crippen molar-refractivity contribution in [1.29, 1.82) is 0 Å². The SMILES string of the molecule is O=NC1CCC(=O)NC1C(c1ccccc1)c1ccccc1. The summed E-state index contributed by atoms with van der Waals surface area (Å²) >= 11 is 0. The molecule has 22 heavy (non-hydrogen) atoms. The number of rotatable bonds is 4. The molecule has 0 spiro atoms. The quantitative estimate of drug-likeness (QED) is 0.880. The van der Waals surface area contributed by atoms with Crippen LogP contribution < -0.4 is 5.32 Å². The van der Waals surface area contributed by atoms with Crippen LogP contribution in [0.5, 0.6) is 0 Å². The Morgan fingerprint density at radius 2 is 1.50 bits per heavy atom. The molecule has 0 aliphatic carbocycles. The topological polar surface area (TPSA) is 58.5 Å². The van der Waals surface area contributed by atoms with Crippen molar-refractivity contribution in [1.82, 2.24) is 5.32 Å². The van der Waals surface area contributed by atoms with Gasteiger partial charge in [-0.25, -0.2) is 0 Å². The molecule has 0 bridgehead atoms. The van der Waals surface area contributed by atoms with Gasteiger partial charge in [0.1, 0.15) is 6.04 Å². The molecule has 1 aliphatic rings. The van der Waals surface area contributed by atoms with Gasteiger partial charge in [0.2, 0.25) is 5.91 Å². The van der Waals surface area contributed by atoms with Gasteiger partial charge in [0.15, 0.2) is 0 Å². The van der Waals surface area contributed by atoms with Crippen LogP contribution in [0.4, 0.5) is 0 Å². The number of nitrogens with one attached hydrogen (secondary N) is 1. The highest BCUT2D eigenvalue weighted by Gasteiger charge is 2.37. The number of hydrogen-bond donors (Lipinski definition) is 1. The zero-order chi connectivity index (χ0) is 15.4. The minimum absolute atomic E-state index is 0.0123. The molecule has 1 saturated heterocycles. The first-order valence-electron chi connectivity index (χ1n) is 7.51. The summed E-state index contributed by atoms with van der Waals surface area (Å²) in [6.07, 6.45) is 0.874. The summed E-state index contributed by atoms with van der Waals surface area (Å²) in [5.41, 5.74) is 2.16. The van der Waals surface area contributed by atoms with Crippen LogP contribution in [0.2, 0.25) is 0 Å². The van der Waals surface area contributed by atoms with Crippen LogP contribution in [0, 0.1) is 4.91 Å². The molecule has 2 aromatic rings. The van der Waals surface area contributed by atoms with Crippen LogP contribution in [-0.2, 0) is 4.79 Å². The molecule has 0 aromatic heterocycles. The third-order valence-corrected chi connectivity index (χ3v) is 4.22. The van der Waals surface area contributed by atoms with E-state index in [0.717, 1.165) is 11.1 Å². The minimum Gasteiger partial charge on any atom is -0.350 e. The third-order valence-electron chi connectivity index (χ3n) is 4.22. The molecule has 4 heteroatoms. The van der Waals surface area contributed by atoms with E-state index in [-0.39, 0.29) is 17.9 Å². The first-order chi connectivity index (χ1) is 10.8. The summed E-state index contributed by atoms with van der Waals surface area (Å²) in [5, 5.41) is 6.25. The van der Waals surface area contributed by atoms with Crippen LogP contribution in [0.25, 0.3) is 0 Å². The van der Waals surface area contributed by atoms with Gasteiger partial charge in [-0.2, -0.15) is 4.91 Å².